The molecule has 0 aliphatic rings. The van der Waals surface area contributed by atoms with Crippen LogP contribution in [-0.2, 0) is 5.41 Å². The monoisotopic (exact) mass is 204 g/mol. The molecule has 0 radical (unpaired) electrons. The van der Waals surface area contributed by atoms with Gasteiger partial charge in [-0.1, -0.05) is 26.0 Å². The average molecular weight is 204 g/mol. The molecule has 0 amide bonds. The first kappa shape index (κ1) is 9.97. The largest absolute Gasteiger partial charge is 0.472 e. The van der Waals surface area contributed by atoms with Crippen molar-refractivity contribution in [2.45, 2.75) is 19.3 Å². The van der Waals surface area contributed by atoms with Gasteiger partial charge in [0.25, 0.3) is 0 Å². The van der Waals surface area contributed by atoms with Gasteiger partial charge in [-0.2, -0.15) is 0 Å². The lowest BCUT2D eigenvalue weighted by Gasteiger charge is -2.23. The minimum atomic E-state index is -0.207. The zero-order chi connectivity index (χ0) is 10.9. The summed E-state index contributed by atoms with van der Waals surface area (Å²) >= 11 is 0. The molecule has 1 aromatic carbocycles. The minimum absolute atomic E-state index is 0.152. The normalized spacial score (nSPS) is 11.7. The van der Waals surface area contributed by atoms with Crippen molar-refractivity contribution < 1.29 is 8.81 Å². The van der Waals surface area contributed by atoms with Gasteiger partial charge in [-0.15, -0.1) is 0 Å². The zero-order valence-electron chi connectivity index (χ0n) is 8.83. The first-order chi connectivity index (χ1) is 7.10. The molecule has 0 unspecified atom stereocenters. The summed E-state index contributed by atoms with van der Waals surface area (Å²) in [6.07, 6.45) is 3.38. The smallest absolute Gasteiger partial charge is 0.123 e. The van der Waals surface area contributed by atoms with Crippen molar-refractivity contribution in [2.24, 2.45) is 0 Å². The highest BCUT2D eigenvalue weighted by atomic mass is 19.1. The average Bonchev–Trinajstić information content (AvgIpc) is 2.71. The summed E-state index contributed by atoms with van der Waals surface area (Å²) in [4.78, 5) is 0. The second kappa shape index (κ2) is 3.54. The van der Waals surface area contributed by atoms with Gasteiger partial charge in [0.05, 0.1) is 12.5 Å². The fourth-order valence-electron chi connectivity index (χ4n) is 1.65. The molecule has 15 heavy (non-hydrogen) atoms. The second-order valence-electron chi connectivity index (χ2n) is 4.14. The Labute approximate surface area is 88.5 Å². The van der Waals surface area contributed by atoms with Crippen LogP contribution in [0.3, 0.4) is 0 Å². The molecule has 0 aliphatic carbocycles. The van der Waals surface area contributed by atoms with Crippen LogP contribution in [0.4, 0.5) is 4.39 Å². The minimum Gasteiger partial charge on any atom is -0.472 e. The van der Waals surface area contributed by atoms with E-state index in [0.29, 0.717) is 0 Å². The maximum absolute atomic E-state index is 12.8. The molecule has 0 spiro atoms. The van der Waals surface area contributed by atoms with Crippen molar-refractivity contribution in [2.75, 3.05) is 0 Å². The molecule has 2 rings (SSSR count). The highest BCUT2D eigenvalue weighted by molar-refractivity contribution is 5.35. The van der Waals surface area contributed by atoms with Crippen LogP contribution in [0.5, 0.6) is 0 Å². The van der Waals surface area contributed by atoms with Crippen LogP contribution in [0.25, 0.3) is 0 Å². The molecule has 1 nitrogen and oxygen atoms in total. The van der Waals surface area contributed by atoms with Gasteiger partial charge >= 0.3 is 0 Å². The molecule has 1 heterocycles. The lowest BCUT2D eigenvalue weighted by molar-refractivity contribution is 0.548. The predicted octanol–water partition coefficient (Wildman–Crippen LogP) is 3.74. The summed E-state index contributed by atoms with van der Waals surface area (Å²) in [5, 5.41) is 0. The highest BCUT2D eigenvalue weighted by Crippen LogP contribution is 2.31. The Kier molecular flexibility index (Phi) is 2.35. The first-order valence-corrected chi connectivity index (χ1v) is 4.89. The van der Waals surface area contributed by atoms with Gasteiger partial charge in [0.15, 0.2) is 0 Å². The van der Waals surface area contributed by atoms with E-state index < -0.39 is 0 Å². The van der Waals surface area contributed by atoms with Gasteiger partial charge in [-0.3, -0.25) is 0 Å². The summed E-state index contributed by atoms with van der Waals surface area (Å²) in [5.74, 6) is -0.207. The van der Waals surface area contributed by atoms with E-state index in [1.165, 1.54) is 12.1 Å². The van der Waals surface area contributed by atoms with Gasteiger partial charge < -0.3 is 4.42 Å². The third-order valence-corrected chi connectivity index (χ3v) is 2.81. The third kappa shape index (κ3) is 1.80. The number of hydrogen-bond acceptors (Lipinski definition) is 1. The quantitative estimate of drug-likeness (QED) is 0.726. The van der Waals surface area contributed by atoms with Crippen LogP contribution in [0.2, 0.25) is 0 Å². The molecule has 2 aromatic rings. The molecule has 1 aromatic heterocycles. The Morgan fingerprint density at radius 2 is 1.67 bits per heavy atom. The van der Waals surface area contributed by atoms with E-state index in [2.05, 4.69) is 13.8 Å². The van der Waals surface area contributed by atoms with Crippen LogP contribution in [0, 0.1) is 5.82 Å². The number of halogens is 1. The third-order valence-electron chi connectivity index (χ3n) is 2.81. The molecule has 0 bridgehead atoms. The molecule has 78 valence electrons. The van der Waals surface area contributed by atoms with E-state index in [1.54, 1.807) is 12.5 Å². The lowest BCUT2D eigenvalue weighted by Crippen LogP contribution is -2.17. The SMILES string of the molecule is CC(C)(c1ccc(F)cc1)c1ccoc1. The van der Waals surface area contributed by atoms with E-state index in [4.69, 9.17) is 4.42 Å². The van der Waals surface area contributed by atoms with Crippen LogP contribution in [0.1, 0.15) is 25.0 Å². The highest BCUT2D eigenvalue weighted by Gasteiger charge is 2.23. The van der Waals surface area contributed by atoms with Gasteiger partial charge in [0.1, 0.15) is 5.82 Å². The van der Waals surface area contributed by atoms with E-state index in [9.17, 15) is 4.39 Å². The molecule has 0 aliphatic heterocycles. The Morgan fingerprint density at radius 1 is 1.00 bits per heavy atom. The molecular weight excluding hydrogens is 191 g/mol. The maximum atomic E-state index is 12.8. The Hall–Kier alpha value is -1.57. The summed E-state index contributed by atoms with van der Waals surface area (Å²) < 4.78 is 17.9. The number of furan rings is 1. The van der Waals surface area contributed by atoms with Crippen molar-refractivity contribution in [3.05, 3.63) is 59.8 Å². The fraction of sp³-hybridized carbons (Fsp3) is 0.231. The van der Waals surface area contributed by atoms with E-state index in [0.717, 1.165) is 11.1 Å². The van der Waals surface area contributed by atoms with Gasteiger partial charge in [0.2, 0.25) is 0 Å². The van der Waals surface area contributed by atoms with Crippen molar-refractivity contribution in [3.63, 3.8) is 0 Å². The Bertz CT molecular complexity index is 426. The van der Waals surface area contributed by atoms with Crippen molar-refractivity contribution in [1.82, 2.24) is 0 Å². The molecule has 0 atom stereocenters. The lowest BCUT2D eigenvalue weighted by atomic mass is 9.79. The molecule has 2 heteroatoms. The molecule has 0 N–H and O–H groups in total. The van der Waals surface area contributed by atoms with Crippen LogP contribution < -0.4 is 0 Å². The molecule has 0 saturated carbocycles. The number of benzene rings is 1. The van der Waals surface area contributed by atoms with Crippen molar-refractivity contribution in [3.8, 4) is 0 Å². The van der Waals surface area contributed by atoms with E-state index >= 15 is 0 Å². The molecular formula is C13H13FO. The second-order valence-corrected chi connectivity index (χ2v) is 4.14. The van der Waals surface area contributed by atoms with Crippen LogP contribution in [-0.4, -0.2) is 0 Å². The van der Waals surface area contributed by atoms with Crippen molar-refractivity contribution in [1.29, 1.82) is 0 Å². The maximum Gasteiger partial charge on any atom is 0.123 e. The standard InChI is InChI=1S/C13H13FO/c1-13(2,11-7-8-15-9-11)10-3-5-12(14)6-4-10/h3-9H,1-2H3. The zero-order valence-corrected chi connectivity index (χ0v) is 8.83. The summed E-state index contributed by atoms with van der Waals surface area (Å²) in [7, 11) is 0. The topological polar surface area (TPSA) is 13.1 Å². The van der Waals surface area contributed by atoms with Gasteiger partial charge in [-0.25, -0.2) is 4.39 Å². The summed E-state index contributed by atoms with van der Waals surface area (Å²) in [6, 6.07) is 8.52. The first-order valence-electron chi connectivity index (χ1n) is 4.89. The summed E-state index contributed by atoms with van der Waals surface area (Å²) in [5.41, 5.74) is 2.01. The van der Waals surface area contributed by atoms with Crippen molar-refractivity contribution >= 4 is 0 Å². The number of rotatable bonds is 2. The van der Waals surface area contributed by atoms with Gasteiger partial charge in [-0.05, 0) is 23.8 Å². The van der Waals surface area contributed by atoms with E-state index in [1.807, 2.05) is 18.2 Å². The van der Waals surface area contributed by atoms with E-state index in [-0.39, 0.29) is 11.2 Å². The van der Waals surface area contributed by atoms with Gasteiger partial charge in [0, 0.05) is 11.0 Å². The number of hydrogen-bond donors (Lipinski definition) is 0. The summed E-state index contributed by atoms with van der Waals surface area (Å²) in [6.45, 7) is 4.18. The van der Waals surface area contributed by atoms with Crippen LogP contribution >= 0.6 is 0 Å². The van der Waals surface area contributed by atoms with Crippen LogP contribution in [0.15, 0.2) is 47.3 Å². The Morgan fingerprint density at radius 3 is 2.20 bits per heavy atom. The molecule has 0 fully saturated rings. The predicted molar refractivity (Wildman–Crippen MR) is 57.2 cm³/mol. The fourth-order valence-corrected chi connectivity index (χ4v) is 1.65. The Balaban J connectivity index is 2.41. The molecule has 0 saturated heterocycles.